The fourth-order valence-electron chi connectivity index (χ4n) is 3.33. The molecule has 0 amide bonds. The van der Waals surface area contributed by atoms with Crippen molar-refractivity contribution in [3.05, 3.63) is 65.9 Å². The molecule has 0 bridgehead atoms. The van der Waals surface area contributed by atoms with Gasteiger partial charge in [-0.2, -0.15) is 10.1 Å². The Morgan fingerprint density at radius 2 is 1.97 bits per heavy atom. The van der Waals surface area contributed by atoms with Gasteiger partial charge in [-0.3, -0.25) is 5.43 Å². The molecule has 0 spiro atoms. The highest BCUT2D eigenvalue weighted by Gasteiger charge is 2.14. The number of aromatic nitrogens is 2. The number of morpholine rings is 1. The van der Waals surface area contributed by atoms with Gasteiger partial charge in [0.1, 0.15) is 13.2 Å². The van der Waals surface area contributed by atoms with Crippen LogP contribution >= 0.6 is 0 Å². The second-order valence-corrected chi connectivity index (χ2v) is 7.46. The summed E-state index contributed by atoms with van der Waals surface area (Å²) in [5, 5.41) is 14.1. The average molecular weight is 450 g/mol. The maximum Gasteiger partial charge on any atom is 0.256 e. The molecule has 3 heterocycles. The van der Waals surface area contributed by atoms with Gasteiger partial charge in [-0.05, 0) is 24.6 Å². The second kappa shape index (κ2) is 11.1. The standard InChI is InChI=1S/C24H27N5O4/c1-18-4-2-5-19(14-18)17-26-28-22-15-20(29-8-10-31-11-9-29)16-23(27-22)32-12-13-33-24-21(30)6-3-7-25-24/h2-7,14-17,30H,8-13H2,1H3,(H,27,28)/b26-17+. The maximum atomic E-state index is 9.75. The van der Waals surface area contributed by atoms with Crippen molar-refractivity contribution in [3.8, 4) is 17.5 Å². The summed E-state index contributed by atoms with van der Waals surface area (Å²) in [6, 6.07) is 15.1. The van der Waals surface area contributed by atoms with Gasteiger partial charge in [0.2, 0.25) is 5.88 Å². The molecule has 2 N–H and O–H groups in total. The van der Waals surface area contributed by atoms with Gasteiger partial charge in [0.05, 0.1) is 19.4 Å². The van der Waals surface area contributed by atoms with Gasteiger partial charge in [-0.25, -0.2) is 4.98 Å². The van der Waals surface area contributed by atoms with Crippen LogP contribution in [0.3, 0.4) is 0 Å². The Morgan fingerprint density at radius 3 is 2.79 bits per heavy atom. The van der Waals surface area contributed by atoms with Gasteiger partial charge in [-0.1, -0.05) is 29.8 Å². The summed E-state index contributed by atoms with van der Waals surface area (Å²) in [5.41, 5.74) is 6.14. The third-order valence-electron chi connectivity index (χ3n) is 4.92. The predicted molar refractivity (Wildman–Crippen MR) is 127 cm³/mol. The Balaban J connectivity index is 1.42. The summed E-state index contributed by atoms with van der Waals surface area (Å²) in [7, 11) is 0. The van der Waals surface area contributed by atoms with E-state index in [9.17, 15) is 5.11 Å². The van der Waals surface area contributed by atoms with Gasteiger partial charge in [0.15, 0.2) is 11.6 Å². The first-order chi connectivity index (χ1) is 16.2. The van der Waals surface area contributed by atoms with Crippen LogP contribution in [0.25, 0.3) is 0 Å². The molecule has 2 aromatic heterocycles. The van der Waals surface area contributed by atoms with Crippen molar-refractivity contribution in [1.82, 2.24) is 9.97 Å². The summed E-state index contributed by atoms with van der Waals surface area (Å²) in [6.45, 7) is 5.42. The van der Waals surface area contributed by atoms with Crippen LogP contribution in [0.5, 0.6) is 17.5 Å². The minimum atomic E-state index is -0.0112. The lowest BCUT2D eigenvalue weighted by molar-refractivity contribution is 0.122. The molecule has 0 unspecified atom stereocenters. The average Bonchev–Trinajstić information content (AvgIpc) is 2.83. The van der Waals surface area contributed by atoms with E-state index in [0.717, 1.165) is 24.3 Å². The van der Waals surface area contributed by atoms with Gasteiger partial charge >= 0.3 is 0 Å². The van der Waals surface area contributed by atoms with Crippen molar-refractivity contribution in [3.63, 3.8) is 0 Å². The topological polar surface area (TPSA) is 101 Å². The number of hydrogen-bond donors (Lipinski definition) is 2. The van der Waals surface area contributed by atoms with Crippen LogP contribution in [0.15, 0.2) is 59.8 Å². The molecule has 1 aliphatic rings. The van der Waals surface area contributed by atoms with E-state index in [-0.39, 0.29) is 24.8 Å². The fraction of sp³-hybridized carbons (Fsp3) is 0.292. The summed E-state index contributed by atoms with van der Waals surface area (Å²) in [5.74, 6) is 1.18. The summed E-state index contributed by atoms with van der Waals surface area (Å²) in [6.07, 6.45) is 3.31. The highest BCUT2D eigenvalue weighted by molar-refractivity contribution is 5.80. The minimum absolute atomic E-state index is 0.0112. The molecule has 9 heteroatoms. The van der Waals surface area contributed by atoms with Crippen molar-refractivity contribution in [1.29, 1.82) is 0 Å². The summed E-state index contributed by atoms with van der Waals surface area (Å²) < 4.78 is 16.8. The molecule has 1 saturated heterocycles. The number of benzene rings is 1. The van der Waals surface area contributed by atoms with E-state index in [4.69, 9.17) is 14.2 Å². The number of aromatic hydroxyl groups is 1. The van der Waals surface area contributed by atoms with E-state index < -0.39 is 0 Å². The zero-order valence-corrected chi connectivity index (χ0v) is 18.5. The largest absolute Gasteiger partial charge is 0.503 e. The van der Waals surface area contributed by atoms with Crippen molar-refractivity contribution in [2.45, 2.75) is 6.92 Å². The molecule has 1 aromatic carbocycles. The molecule has 4 rings (SSSR count). The van der Waals surface area contributed by atoms with E-state index in [0.29, 0.717) is 24.9 Å². The maximum absolute atomic E-state index is 9.75. The number of hydrazone groups is 1. The van der Waals surface area contributed by atoms with Crippen molar-refractivity contribution in [2.24, 2.45) is 5.10 Å². The number of anilines is 2. The molecule has 0 aliphatic carbocycles. The van der Waals surface area contributed by atoms with E-state index in [1.807, 2.05) is 37.3 Å². The SMILES string of the molecule is Cc1cccc(/C=N/Nc2cc(N3CCOCC3)cc(OCCOc3ncccc3O)n2)c1. The molecule has 0 radical (unpaired) electrons. The van der Waals surface area contributed by atoms with Gasteiger partial charge < -0.3 is 24.2 Å². The number of hydrogen-bond acceptors (Lipinski definition) is 9. The third-order valence-corrected chi connectivity index (χ3v) is 4.92. The van der Waals surface area contributed by atoms with Gasteiger partial charge in [0, 0.05) is 37.1 Å². The lowest BCUT2D eigenvalue weighted by atomic mass is 10.2. The van der Waals surface area contributed by atoms with Gasteiger partial charge in [-0.15, -0.1) is 0 Å². The van der Waals surface area contributed by atoms with Gasteiger partial charge in [0.25, 0.3) is 5.88 Å². The number of pyridine rings is 2. The summed E-state index contributed by atoms with van der Waals surface area (Å²) in [4.78, 5) is 10.7. The Bertz CT molecular complexity index is 1090. The Morgan fingerprint density at radius 1 is 1.12 bits per heavy atom. The fourth-order valence-corrected chi connectivity index (χ4v) is 3.33. The van der Waals surface area contributed by atoms with Crippen molar-refractivity contribution < 1.29 is 19.3 Å². The van der Waals surface area contributed by atoms with E-state index in [2.05, 4.69) is 31.5 Å². The first-order valence-electron chi connectivity index (χ1n) is 10.8. The first-order valence-corrected chi connectivity index (χ1v) is 10.8. The van der Waals surface area contributed by atoms with Crippen LogP contribution in [0, 0.1) is 6.92 Å². The van der Waals surface area contributed by atoms with Crippen LogP contribution in [0.4, 0.5) is 11.5 Å². The normalized spacial score (nSPS) is 13.8. The molecule has 3 aromatic rings. The van der Waals surface area contributed by atoms with Crippen LogP contribution in [-0.4, -0.2) is 60.8 Å². The molecule has 0 saturated carbocycles. The van der Waals surface area contributed by atoms with Crippen LogP contribution in [0.2, 0.25) is 0 Å². The molecular weight excluding hydrogens is 422 g/mol. The molecule has 9 nitrogen and oxygen atoms in total. The molecule has 1 fully saturated rings. The van der Waals surface area contributed by atoms with E-state index in [1.54, 1.807) is 18.5 Å². The zero-order valence-electron chi connectivity index (χ0n) is 18.5. The van der Waals surface area contributed by atoms with Crippen LogP contribution < -0.4 is 19.8 Å². The minimum Gasteiger partial charge on any atom is -0.503 e. The molecule has 172 valence electrons. The number of aryl methyl sites for hydroxylation is 1. The summed E-state index contributed by atoms with van der Waals surface area (Å²) >= 11 is 0. The monoisotopic (exact) mass is 449 g/mol. The Kier molecular flexibility index (Phi) is 7.55. The number of nitrogens with zero attached hydrogens (tertiary/aromatic N) is 4. The molecule has 1 aliphatic heterocycles. The van der Waals surface area contributed by atoms with Crippen LogP contribution in [-0.2, 0) is 4.74 Å². The Hall–Kier alpha value is -3.85. The lowest BCUT2D eigenvalue weighted by Gasteiger charge is -2.29. The Labute approximate surface area is 192 Å². The second-order valence-electron chi connectivity index (χ2n) is 7.46. The quantitative estimate of drug-likeness (QED) is 0.292. The van der Waals surface area contributed by atoms with Crippen molar-refractivity contribution in [2.75, 3.05) is 49.8 Å². The van der Waals surface area contributed by atoms with Crippen LogP contribution in [0.1, 0.15) is 11.1 Å². The van der Waals surface area contributed by atoms with Crippen molar-refractivity contribution >= 4 is 17.7 Å². The third kappa shape index (κ3) is 6.56. The molecular formula is C24H27N5O4. The number of ether oxygens (including phenoxy) is 3. The smallest absolute Gasteiger partial charge is 0.256 e. The van der Waals surface area contributed by atoms with E-state index >= 15 is 0 Å². The highest BCUT2D eigenvalue weighted by Crippen LogP contribution is 2.25. The first kappa shape index (κ1) is 22.3. The van der Waals surface area contributed by atoms with E-state index in [1.165, 1.54) is 11.6 Å². The molecule has 33 heavy (non-hydrogen) atoms. The predicted octanol–water partition coefficient (Wildman–Crippen LogP) is 3.23. The number of nitrogens with one attached hydrogen (secondary N) is 1. The molecule has 0 atom stereocenters. The highest BCUT2D eigenvalue weighted by atomic mass is 16.5. The zero-order chi connectivity index (χ0) is 22.9. The lowest BCUT2D eigenvalue weighted by Crippen LogP contribution is -2.36. The number of rotatable bonds is 9.